The first kappa shape index (κ1) is 11.8. The molecule has 0 spiro atoms. The van der Waals surface area contributed by atoms with Crippen molar-refractivity contribution in [3.05, 3.63) is 34.7 Å². The molecule has 82 valence electrons. The molecule has 0 unspecified atom stereocenters. The zero-order valence-electron chi connectivity index (χ0n) is 10.4. The summed E-state index contributed by atoms with van der Waals surface area (Å²) in [6, 6.07) is 8.56. The lowest BCUT2D eigenvalue weighted by molar-refractivity contribution is 0.614. The van der Waals surface area contributed by atoms with Gasteiger partial charge in [-0.25, -0.2) is 0 Å². The van der Waals surface area contributed by atoms with E-state index in [2.05, 4.69) is 70.2 Å². The molecule has 1 aromatic rings. The molecule has 0 atom stereocenters. The topological polar surface area (TPSA) is 3.24 Å². The summed E-state index contributed by atoms with van der Waals surface area (Å²) < 4.78 is 0. The summed E-state index contributed by atoms with van der Waals surface area (Å²) in [5.41, 5.74) is 1.45. The monoisotopic (exact) mass is 203 g/mol. The minimum Gasteiger partial charge on any atom is -0.383 e. The molecular formula is C14H21N. The lowest BCUT2D eigenvalue weighted by Gasteiger charge is -2.07. The van der Waals surface area contributed by atoms with E-state index in [9.17, 15) is 0 Å². The van der Waals surface area contributed by atoms with Crippen molar-refractivity contribution in [2.75, 3.05) is 14.1 Å². The van der Waals surface area contributed by atoms with Crippen LogP contribution in [-0.2, 0) is 0 Å². The third kappa shape index (κ3) is 3.12. The van der Waals surface area contributed by atoms with E-state index in [1.165, 1.54) is 16.0 Å². The first-order valence-corrected chi connectivity index (χ1v) is 5.46. The van der Waals surface area contributed by atoms with Gasteiger partial charge in [0.25, 0.3) is 0 Å². The maximum atomic E-state index is 2.24. The maximum absolute atomic E-state index is 2.24. The number of rotatable bonds is 2. The predicted molar refractivity (Wildman–Crippen MR) is 67.8 cm³/mol. The van der Waals surface area contributed by atoms with Gasteiger partial charge in [0, 0.05) is 20.3 Å². The summed E-state index contributed by atoms with van der Waals surface area (Å²) in [6.07, 6.45) is 2.17. The van der Waals surface area contributed by atoms with Gasteiger partial charge in [-0.05, 0) is 23.3 Å². The third-order valence-electron chi connectivity index (χ3n) is 2.65. The lowest BCUT2D eigenvalue weighted by Crippen LogP contribution is -2.29. The molecule has 15 heavy (non-hydrogen) atoms. The molecule has 0 heterocycles. The second kappa shape index (κ2) is 5.01. The average molecular weight is 203 g/mol. The molecule has 0 N–H and O–H groups in total. The molecule has 0 aromatic heterocycles. The fraction of sp³-hybridized carbons (Fsp3) is 0.429. The van der Waals surface area contributed by atoms with Crippen molar-refractivity contribution < 1.29 is 0 Å². The molecule has 0 aliphatic rings. The van der Waals surface area contributed by atoms with Gasteiger partial charge >= 0.3 is 0 Å². The van der Waals surface area contributed by atoms with E-state index in [1.807, 2.05) is 0 Å². The van der Waals surface area contributed by atoms with Crippen molar-refractivity contribution in [2.45, 2.75) is 20.8 Å². The normalized spacial score (nSPS) is 14.4. The molecule has 0 fully saturated rings. The van der Waals surface area contributed by atoms with Crippen molar-refractivity contribution in [3.63, 3.8) is 0 Å². The molecule has 0 saturated heterocycles. The molecule has 1 nitrogen and oxygen atoms in total. The van der Waals surface area contributed by atoms with Crippen LogP contribution in [0.25, 0.3) is 11.8 Å². The summed E-state index contributed by atoms with van der Waals surface area (Å²) in [5.74, 6) is 0.599. The van der Waals surface area contributed by atoms with Crippen LogP contribution in [0, 0.1) is 5.92 Å². The van der Waals surface area contributed by atoms with Gasteiger partial charge in [0.1, 0.15) is 0 Å². The Morgan fingerprint density at radius 1 is 1.20 bits per heavy atom. The highest BCUT2D eigenvalue weighted by molar-refractivity contribution is 5.45. The third-order valence-corrected chi connectivity index (χ3v) is 2.65. The van der Waals surface area contributed by atoms with Crippen LogP contribution < -0.4 is 10.4 Å². The van der Waals surface area contributed by atoms with Crippen LogP contribution in [0.3, 0.4) is 0 Å². The lowest BCUT2D eigenvalue weighted by atomic mass is 10.0. The quantitative estimate of drug-likeness (QED) is 0.708. The Labute approximate surface area is 92.7 Å². The highest BCUT2D eigenvalue weighted by Gasteiger charge is 1.98. The first-order chi connectivity index (χ1) is 7.02. The molecule has 0 aliphatic heterocycles. The first-order valence-electron chi connectivity index (χ1n) is 5.46. The minimum absolute atomic E-state index is 0.599. The molecule has 0 saturated carbocycles. The van der Waals surface area contributed by atoms with Crippen molar-refractivity contribution >= 4 is 11.8 Å². The van der Waals surface area contributed by atoms with Crippen molar-refractivity contribution in [1.82, 2.24) is 4.90 Å². The summed E-state index contributed by atoms with van der Waals surface area (Å²) in [6.45, 7) is 6.69. The van der Waals surface area contributed by atoms with E-state index in [0.717, 1.165) is 0 Å². The SMILES string of the molecule is C/C(=c1/cccc/c1=C/N(C)C)C(C)C. The zero-order valence-corrected chi connectivity index (χ0v) is 10.4. The van der Waals surface area contributed by atoms with Gasteiger partial charge in [0.05, 0.1) is 0 Å². The van der Waals surface area contributed by atoms with Crippen LogP contribution in [0.5, 0.6) is 0 Å². The Hall–Kier alpha value is -1.24. The van der Waals surface area contributed by atoms with Gasteiger partial charge < -0.3 is 4.90 Å². The van der Waals surface area contributed by atoms with E-state index in [1.54, 1.807) is 0 Å². The summed E-state index contributed by atoms with van der Waals surface area (Å²) in [5, 5.41) is 2.66. The van der Waals surface area contributed by atoms with Gasteiger partial charge in [-0.3, -0.25) is 0 Å². The van der Waals surface area contributed by atoms with E-state index >= 15 is 0 Å². The smallest absolute Gasteiger partial charge is 0.00647 e. The summed E-state index contributed by atoms with van der Waals surface area (Å²) in [4.78, 5) is 2.09. The molecule has 0 bridgehead atoms. The molecule has 1 aromatic carbocycles. The van der Waals surface area contributed by atoms with Crippen LogP contribution >= 0.6 is 0 Å². The second-order valence-electron chi connectivity index (χ2n) is 4.52. The zero-order chi connectivity index (χ0) is 11.4. The Balaban J connectivity index is 3.50. The highest BCUT2D eigenvalue weighted by atomic mass is 15.0. The van der Waals surface area contributed by atoms with E-state index in [-0.39, 0.29) is 0 Å². The molecule has 1 heteroatoms. The van der Waals surface area contributed by atoms with Gasteiger partial charge in [-0.15, -0.1) is 0 Å². The fourth-order valence-corrected chi connectivity index (χ4v) is 1.56. The number of hydrogen-bond acceptors (Lipinski definition) is 1. The van der Waals surface area contributed by atoms with E-state index in [0.29, 0.717) is 5.92 Å². The van der Waals surface area contributed by atoms with Crippen molar-refractivity contribution in [2.24, 2.45) is 5.92 Å². The summed E-state index contributed by atoms with van der Waals surface area (Å²) >= 11 is 0. The van der Waals surface area contributed by atoms with Gasteiger partial charge in [-0.2, -0.15) is 0 Å². The molecular weight excluding hydrogens is 182 g/mol. The standard InChI is InChI=1S/C14H21N/c1-11(2)12(3)14-9-7-6-8-13(14)10-15(4)5/h6-11H,1-5H3/b13-10-,14-12+. The number of nitrogens with zero attached hydrogens (tertiary/aromatic N) is 1. The average Bonchev–Trinajstić information content (AvgIpc) is 2.16. The Kier molecular flexibility index (Phi) is 3.96. The van der Waals surface area contributed by atoms with E-state index < -0.39 is 0 Å². The second-order valence-corrected chi connectivity index (χ2v) is 4.52. The maximum Gasteiger partial charge on any atom is 0.00647 e. The Morgan fingerprint density at radius 2 is 1.80 bits per heavy atom. The molecule has 0 aliphatic carbocycles. The minimum atomic E-state index is 0.599. The fourth-order valence-electron chi connectivity index (χ4n) is 1.56. The van der Waals surface area contributed by atoms with E-state index in [4.69, 9.17) is 0 Å². The van der Waals surface area contributed by atoms with Crippen LogP contribution in [0.2, 0.25) is 0 Å². The largest absolute Gasteiger partial charge is 0.383 e. The number of benzene rings is 1. The predicted octanol–water partition coefficient (Wildman–Crippen LogP) is 1.81. The molecule has 1 rings (SSSR count). The van der Waals surface area contributed by atoms with Crippen LogP contribution in [-0.4, -0.2) is 19.0 Å². The van der Waals surface area contributed by atoms with Gasteiger partial charge in [0.2, 0.25) is 0 Å². The molecule has 0 amide bonds. The van der Waals surface area contributed by atoms with Crippen LogP contribution in [0.1, 0.15) is 20.8 Å². The number of hydrogen-bond donors (Lipinski definition) is 0. The van der Waals surface area contributed by atoms with Gasteiger partial charge in [0.15, 0.2) is 0 Å². The Bertz CT molecular complexity index is 427. The molecule has 0 radical (unpaired) electrons. The van der Waals surface area contributed by atoms with Crippen LogP contribution in [0.4, 0.5) is 0 Å². The van der Waals surface area contributed by atoms with Crippen molar-refractivity contribution in [3.8, 4) is 0 Å². The van der Waals surface area contributed by atoms with Crippen LogP contribution in [0.15, 0.2) is 24.3 Å². The Morgan fingerprint density at radius 3 is 2.33 bits per heavy atom. The highest BCUT2D eigenvalue weighted by Crippen LogP contribution is 2.05. The summed E-state index contributed by atoms with van der Waals surface area (Å²) in [7, 11) is 4.11. The van der Waals surface area contributed by atoms with Crippen molar-refractivity contribution in [1.29, 1.82) is 0 Å². The van der Waals surface area contributed by atoms with Gasteiger partial charge in [-0.1, -0.05) is 43.7 Å².